The molecular formula is C28H35N8O6+. The summed E-state index contributed by atoms with van der Waals surface area (Å²) in [7, 11) is 0. The van der Waals surface area contributed by atoms with Crippen LogP contribution in [0.2, 0.25) is 0 Å². The number of para-hydroxylation sites is 2. The zero-order valence-electron chi connectivity index (χ0n) is 23.3. The summed E-state index contributed by atoms with van der Waals surface area (Å²) in [5.74, 6) is -2.26. The van der Waals surface area contributed by atoms with Crippen LogP contribution in [0, 0.1) is 0 Å². The van der Waals surface area contributed by atoms with Crippen LogP contribution in [0.4, 0.5) is 4.79 Å². The highest BCUT2D eigenvalue weighted by molar-refractivity contribution is 5.98. The lowest BCUT2D eigenvalue weighted by molar-refractivity contribution is -0.521. The summed E-state index contributed by atoms with van der Waals surface area (Å²) < 4.78 is 11.2. The Morgan fingerprint density at radius 1 is 1.19 bits per heavy atom. The Bertz CT molecular complexity index is 1480. The minimum absolute atomic E-state index is 0.0233. The van der Waals surface area contributed by atoms with Crippen molar-refractivity contribution in [2.45, 2.75) is 55.3 Å². The maximum absolute atomic E-state index is 13.6. The van der Waals surface area contributed by atoms with Crippen molar-refractivity contribution in [3.05, 3.63) is 59.7 Å². The second-order valence-electron chi connectivity index (χ2n) is 11.6. The predicted molar refractivity (Wildman–Crippen MR) is 150 cm³/mol. The summed E-state index contributed by atoms with van der Waals surface area (Å²) in [5.41, 5.74) is 11.7. The van der Waals surface area contributed by atoms with Gasteiger partial charge in [-0.15, -0.1) is 0 Å². The molecule has 0 saturated carbocycles. The zero-order chi connectivity index (χ0) is 29.9. The number of aliphatic imine (C=N–C) groups is 1. The number of hydrogen-bond donors (Lipinski definition) is 8. The van der Waals surface area contributed by atoms with E-state index in [9.17, 15) is 19.8 Å². The van der Waals surface area contributed by atoms with Crippen molar-refractivity contribution >= 4 is 23.9 Å². The molecule has 4 aliphatic heterocycles. The molecule has 1 fully saturated rings. The van der Waals surface area contributed by atoms with E-state index in [0.717, 1.165) is 12.0 Å². The normalized spacial score (nSPS) is 28.1. The summed E-state index contributed by atoms with van der Waals surface area (Å²) in [6.45, 7) is 4.48. The first-order valence-electron chi connectivity index (χ1n) is 13.7. The Labute approximate surface area is 241 Å². The summed E-state index contributed by atoms with van der Waals surface area (Å²) >= 11 is 0. The molecule has 2 aromatic rings. The molecule has 6 rings (SSSR count). The third kappa shape index (κ3) is 4.25. The van der Waals surface area contributed by atoms with Gasteiger partial charge in [-0.1, -0.05) is 44.2 Å². The quantitative estimate of drug-likeness (QED) is 0.173. The molecule has 4 atom stereocenters. The summed E-state index contributed by atoms with van der Waals surface area (Å²) in [4.78, 5) is 35.0. The number of fused-ring (bicyclic) bond motifs is 1. The average molecular weight is 580 g/mol. The number of guanidine groups is 2. The van der Waals surface area contributed by atoms with Crippen molar-refractivity contribution < 1.29 is 34.3 Å². The monoisotopic (exact) mass is 579 g/mol. The van der Waals surface area contributed by atoms with Crippen molar-refractivity contribution in [2.75, 3.05) is 19.7 Å². The van der Waals surface area contributed by atoms with Crippen LogP contribution >= 0.6 is 0 Å². The molecule has 1 spiro atoms. The van der Waals surface area contributed by atoms with Crippen LogP contribution in [0.15, 0.2) is 53.5 Å². The summed E-state index contributed by atoms with van der Waals surface area (Å²) in [5, 5.41) is 31.8. The Kier molecular flexibility index (Phi) is 6.42. The van der Waals surface area contributed by atoms with Crippen molar-refractivity contribution in [2.24, 2.45) is 16.5 Å². The van der Waals surface area contributed by atoms with Gasteiger partial charge in [-0.25, -0.2) is 15.1 Å². The lowest BCUT2D eigenvalue weighted by atomic mass is 9.79. The molecule has 14 heteroatoms. The van der Waals surface area contributed by atoms with E-state index in [2.05, 4.69) is 39.8 Å². The minimum Gasteiger partial charge on any atom is -0.492 e. The lowest BCUT2D eigenvalue weighted by Crippen LogP contribution is -2.90. The highest BCUT2D eigenvalue weighted by Crippen LogP contribution is 2.43. The molecule has 0 radical (unpaired) electrons. The van der Waals surface area contributed by atoms with Gasteiger partial charge in [-0.2, -0.15) is 0 Å². The van der Waals surface area contributed by atoms with E-state index in [1.165, 1.54) is 4.90 Å². The van der Waals surface area contributed by atoms with E-state index in [1.54, 1.807) is 42.5 Å². The molecule has 2 aromatic carbocycles. The molecule has 222 valence electrons. The van der Waals surface area contributed by atoms with Gasteiger partial charge >= 0.3 is 12.1 Å². The maximum Gasteiger partial charge on any atom is 0.412 e. The largest absolute Gasteiger partial charge is 0.492 e. The van der Waals surface area contributed by atoms with Gasteiger partial charge < -0.3 is 36.1 Å². The Morgan fingerprint density at radius 3 is 2.71 bits per heavy atom. The molecule has 0 aliphatic carbocycles. The molecular weight excluding hydrogens is 544 g/mol. The number of rotatable bonds is 5. The number of nitrogens with two attached hydrogens (primary N) is 2. The Morgan fingerprint density at radius 2 is 1.95 bits per heavy atom. The topological polar surface area (TPSA) is 211 Å². The Balaban J connectivity index is 1.24. The third-order valence-electron chi connectivity index (χ3n) is 8.56. The van der Waals surface area contributed by atoms with Gasteiger partial charge in [0.25, 0.3) is 11.6 Å². The molecule has 42 heavy (non-hydrogen) atoms. The summed E-state index contributed by atoms with van der Waals surface area (Å²) in [6.07, 6.45) is 0.0831. The third-order valence-corrected chi connectivity index (χ3v) is 8.56. The van der Waals surface area contributed by atoms with Crippen LogP contribution in [0.25, 0.3) is 0 Å². The first-order valence-corrected chi connectivity index (χ1v) is 13.7. The van der Waals surface area contributed by atoms with Crippen LogP contribution in [0.3, 0.4) is 0 Å². The van der Waals surface area contributed by atoms with Crippen molar-refractivity contribution in [1.29, 1.82) is 0 Å². The highest BCUT2D eigenvalue weighted by Gasteiger charge is 2.76. The predicted octanol–water partition coefficient (Wildman–Crippen LogP) is -2.61. The van der Waals surface area contributed by atoms with E-state index in [1.807, 2.05) is 6.07 Å². The van der Waals surface area contributed by atoms with Gasteiger partial charge in [0, 0.05) is 12.1 Å². The molecule has 2 amide bonds. The Hall–Kier alpha value is -4.56. The van der Waals surface area contributed by atoms with Crippen molar-refractivity contribution in [3.63, 3.8) is 0 Å². The standard InChI is InChI=1S/C28H34N8O6/c1-26(2)11-12-41-20-16(9-6-10-17(20)26)22(37)33-19-14-36-24(30)32-18(13-31-25(38)42-15-7-4-3-5-8-15)21-27(36,28(19,39)40)35-23(29)34-21/h3-10,18-19,21,39-40H,11-14H2,1-2H3,(H2,30,32)(H,31,38)(H,33,37)(H3,29,34,35)/p+1/t18-,19?,21-,27-/m0/s1. The van der Waals surface area contributed by atoms with Gasteiger partial charge in [-0.3, -0.25) is 20.4 Å². The fourth-order valence-electron chi connectivity index (χ4n) is 6.34. The second kappa shape index (κ2) is 9.77. The number of nitrogens with zero attached hydrogens (tertiary/aromatic N) is 2. The molecule has 4 heterocycles. The molecule has 0 bridgehead atoms. The van der Waals surface area contributed by atoms with E-state index >= 15 is 0 Å². The fourth-order valence-corrected chi connectivity index (χ4v) is 6.34. The summed E-state index contributed by atoms with van der Waals surface area (Å²) in [6, 6.07) is 11.0. The van der Waals surface area contributed by atoms with Crippen LogP contribution < -0.4 is 41.9 Å². The zero-order valence-corrected chi connectivity index (χ0v) is 23.3. The molecule has 10 N–H and O–H groups in total. The van der Waals surface area contributed by atoms with Gasteiger partial charge in [0.05, 0.1) is 18.7 Å². The van der Waals surface area contributed by atoms with Crippen LogP contribution in [-0.4, -0.2) is 88.3 Å². The number of amides is 2. The van der Waals surface area contributed by atoms with E-state index in [4.69, 9.17) is 20.9 Å². The molecule has 4 aliphatic rings. The smallest absolute Gasteiger partial charge is 0.412 e. The highest BCUT2D eigenvalue weighted by atomic mass is 16.6. The number of carbonyl (C=O) groups is 2. The van der Waals surface area contributed by atoms with Crippen molar-refractivity contribution in [1.82, 2.24) is 20.9 Å². The van der Waals surface area contributed by atoms with Crippen LogP contribution in [0.5, 0.6) is 11.5 Å². The number of ether oxygens (including phenoxy) is 2. The number of nitrogens with one attached hydrogen (secondary N) is 4. The van der Waals surface area contributed by atoms with Crippen LogP contribution in [-0.2, 0) is 5.41 Å². The van der Waals surface area contributed by atoms with Gasteiger partial charge in [-0.05, 0) is 30.0 Å². The molecule has 0 aromatic heterocycles. The second-order valence-corrected chi connectivity index (χ2v) is 11.6. The number of hydrogen-bond acceptors (Lipinski definition) is 11. The minimum atomic E-state index is -2.60. The SMILES string of the molecule is CC1(C)CCOc2c(C(=O)NC3CN4C(N)=N[C@@H](CNC(=O)Oc5ccccc5)[C@@H]5[NH+]=C(N)N[C@@]54C3(O)O)cccc21. The molecule has 1 unspecified atom stereocenters. The van der Waals surface area contributed by atoms with Gasteiger partial charge in [0.1, 0.15) is 23.6 Å². The van der Waals surface area contributed by atoms with Gasteiger partial charge in [0.2, 0.25) is 5.79 Å². The van der Waals surface area contributed by atoms with E-state index < -0.39 is 41.6 Å². The van der Waals surface area contributed by atoms with E-state index in [0.29, 0.717) is 23.7 Å². The maximum atomic E-state index is 13.6. The molecule has 14 nitrogen and oxygen atoms in total. The fraction of sp³-hybridized carbons (Fsp3) is 0.429. The molecule has 1 saturated heterocycles. The van der Waals surface area contributed by atoms with Crippen molar-refractivity contribution in [3.8, 4) is 11.5 Å². The van der Waals surface area contributed by atoms with E-state index in [-0.39, 0.29) is 30.4 Å². The first kappa shape index (κ1) is 27.6. The average Bonchev–Trinajstić information content (AvgIpc) is 3.41. The number of aliphatic hydroxyl groups is 2. The first-order chi connectivity index (χ1) is 19.9. The number of benzene rings is 2. The van der Waals surface area contributed by atoms with Crippen LogP contribution in [0.1, 0.15) is 36.2 Å². The van der Waals surface area contributed by atoms with Gasteiger partial charge in [0.15, 0.2) is 12.0 Å². The lowest BCUT2D eigenvalue weighted by Gasteiger charge is -2.46. The number of carbonyl (C=O) groups excluding carboxylic acids is 2.